The van der Waals surface area contributed by atoms with E-state index in [1.54, 1.807) is 11.8 Å². The third-order valence-corrected chi connectivity index (χ3v) is 4.93. The third-order valence-electron chi connectivity index (χ3n) is 3.48. The van der Waals surface area contributed by atoms with Crippen LogP contribution in [0.5, 0.6) is 0 Å². The molecule has 0 aliphatic carbocycles. The second kappa shape index (κ2) is 6.48. The highest BCUT2D eigenvalue weighted by molar-refractivity contribution is 7.89. The number of nitrogens with one attached hydrogen (secondary N) is 1. The van der Waals surface area contributed by atoms with Crippen molar-refractivity contribution in [2.24, 2.45) is 0 Å². The number of nitrogens with zero attached hydrogens (tertiary/aromatic N) is 2. The Morgan fingerprint density at radius 2 is 2.14 bits per heavy atom. The lowest BCUT2D eigenvalue weighted by atomic mass is 10.1. The van der Waals surface area contributed by atoms with Gasteiger partial charge in [0.1, 0.15) is 0 Å². The van der Waals surface area contributed by atoms with Gasteiger partial charge in [0.2, 0.25) is 16.0 Å². The Morgan fingerprint density at radius 1 is 1.48 bits per heavy atom. The molecule has 21 heavy (non-hydrogen) atoms. The molecule has 1 amide bonds. The number of sulfonamides is 1. The highest BCUT2D eigenvalue weighted by Gasteiger charge is 2.26. The molecule has 8 heteroatoms. The van der Waals surface area contributed by atoms with Gasteiger partial charge in [0.05, 0.1) is 5.75 Å². The maximum Gasteiger partial charge on any atom is 0.254 e. The number of carbonyl (C=O) groups is 1. The van der Waals surface area contributed by atoms with Gasteiger partial charge in [0, 0.05) is 37.0 Å². The summed E-state index contributed by atoms with van der Waals surface area (Å²) < 4.78 is 38.6. The Kier molecular flexibility index (Phi) is 4.89. The number of rotatable bonds is 4. The summed E-state index contributed by atoms with van der Waals surface area (Å²) in [6.45, 7) is 2.47. The van der Waals surface area contributed by atoms with E-state index in [0.717, 1.165) is 6.07 Å². The van der Waals surface area contributed by atoms with E-state index >= 15 is 0 Å². The SMILES string of the molecule is CCS(=O)(=O)NC1CCN(C(=O)c2ccnc(F)c2)CC1. The molecule has 0 saturated carbocycles. The minimum absolute atomic E-state index is 0.0441. The molecule has 116 valence electrons. The Hall–Kier alpha value is -1.54. The van der Waals surface area contributed by atoms with Crippen LogP contribution in [-0.4, -0.2) is 49.1 Å². The average molecular weight is 315 g/mol. The van der Waals surface area contributed by atoms with Crippen molar-refractivity contribution in [3.63, 3.8) is 0 Å². The lowest BCUT2D eigenvalue weighted by molar-refractivity contribution is 0.0710. The molecule has 1 saturated heterocycles. The number of halogens is 1. The zero-order chi connectivity index (χ0) is 15.5. The molecular formula is C13H18FN3O3S. The fourth-order valence-corrected chi connectivity index (χ4v) is 3.17. The summed E-state index contributed by atoms with van der Waals surface area (Å²) in [6.07, 6.45) is 2.36. The number of pyridine rings is 1. The smallest absolute Gasteiger partial charge is 0.254 e. The van der Waals surface area contributed by atoms with Crippen molar-refractivity contribution in [2.75, 3.05) is 18.8 Å². The average Bonchev–Trinajstić information content (AvgIpc) is 2.47. The van der Waals surface area contributed by atoms with Gasteiger partial charge >= 0.3 is 0 Å². The lowest BCUT2D eigenvalue weighted by Gasteiger charge is -2.32. The van der Waals surface area contributed by atoms with Gasteiger partial charge in [-0.3, -0.25) is 4.79 Å². The molecule has 0 unspecified atom stereocenters. The van der Waals surface area contributed by atoms with Gasteiger partial charge in [-0.25, -0.2) is 18.1 Å². The summed E-state index contributed by atoms with van der Waals surface area (Å²) in [7, 11) is -3.23. The summed E-state index contributed by atoms with van der Waals surface area (Å²) in [5.74, 6) is -0.901. The van der Waals surface area contributed by atoms with E-state index in [9.17, 15) is 17.6 Å². The van der Waals surface area contributed by atoms with Crippen LogP contribution in [-0.2, 0) is 10.0 Å². The zero-order valence-corrected chi connectivity index (χ0v) is 12.6. The Morgan fingerprint density at radius 3 is 2.71 bits per heavy atom. The van der Waals surface area contributed by atoms with Gasteiger partial charge in [0.25, 0.3) is 5.91 Å². The molecule has 1 aliphatic rings. The summed E-state index contributed by atoms with van der Waals surface area (Å²) in [6, 6.07) is 2.43. The molecule has 1 aliphatic heterocycles. The molecule has 1 N–H and O–H groups in total. The van der Waals surface area contributed by atoms with Gasteiger partial charge in [-0.1, -0.05) is 0 Å². The molecule has 0 bridgehead atoms. The van der Waals surface area contributed by atoms with Crippen LogP contribution >= 0.6 is 0 Å². The number of amides is 1. The van der Waals surface area contributed by atoms with E-state index in [0.29, 0.717) is 25.9 Å². The predicted molar refractivity (Wildman–Crippen MR) is 75.7 cm³/mol. The molecule has 2 heterocycles. The van der Waals surface area contributed by atoms with Crippen LogP contribution in [0.3, 0.4) is 0 Å². The van der Waals surface area contributed by atoms with Crippen LogP contribution in [0.1, 0.15) is 30.1 Å². The fourth-order valence-electron chi connectivity index (χ4n) is 2.26. The molecule has 2 rings (SSSR count). The van der Waals surface area contributed by atoms with Crippen LogP contribution < -0.4 is 4.72 Å². The highest BCUT2D eigenvalue weighted by Crippen LogP contribution is 2.15. The number of carbonyl (C=O) groups excluding carboxylic acids is 1. The zero-order valence-electron chi connectivity index (χ0n) is 11.8. The standard InChI is InChI=1S/C13H18FN3O3S/c1-2-21(19,20)16-11-4-7-17(8-5-11)13(18)10-3-6-15-12(14)9-10/h3,6,9,11,16H,2,4-5,7-8H2,1H3. The number of hydrogen-bond acceptors (Lipinski definition) is 4. The number of aromatic nitrogens is 1. The molecular weight excluding hydrogens is 297 g/mol. The monoisotopic (exact) mass is 315 g/mol. The Labute approximate surface area is 123 Å². The molecule has 1 fully saturated rings. The first-order valence-electron chi connectivity index (χ1n) is 6.82. The molecule has 1 aromatic heterocycles. The van der Waals surface area contributed by atoms with E-state index in [-0.39, 0.29) is 23.3 Å². The summed E-state index contributed by atoms with van der Waals surface area (Å²) in [5, 5.41) is 0. The van der Waals surface area contributed by atoms with Crippen molar-refractivity contribution in [1.82, 2.24) is 14.6 Å². The minimum atomic E-state index is -3.23. The van der Waals surface area contributed by atoms with Crippen molar-refractivity contribution >= 4 is 15.9 Å². The maximum atomic E-state index is 13.0. The van der Waals surface area contributed by atoms with Crippen molar-refractivity contribution < 1.29 is 17.6 Å². The topological polar surface area (TPSA) is 79.4 Å². The molecule has 0 aromatic carbocycles. The van der Waals surface area contributed by atoms with Crippen LogP contribution in [0.15, 0.2) is 18.3 Å². The number of hydrogen-bond donors (Lipinski definition) is 1. The number of piperidine rings is 1. The Bertz CT molecular complexity index is 613. The Balaban J connectivity index is 1.93. The highest BCUT2D eigenvalue weighted by atomic mass is 32.2. The second-order valence-corrected chi connectivity index (χ2v) is 7.00. The normalized spacial score (nSPS) is 17.0. The second-order valence-electron chi connectivity index (χ2n) is 4.95. The van der Waals surface area contributed by atoms with E-state index in [4.69, 9.17) is 0 Å². The maximum absolute atomic E-state index is 13.0. The lowest BCUT2D eigenvalue weighted by Crippen LogP contribution is -2.46. The van der Waals surface area contributed by atoms with Crippen LogP contribution in [0.2, 0.25) is 0 Å². The molecule has 0 atom stereocenters. The molecule has 0 spiro atoms. The largest absolute Gasteiger partial charge is 0.339 e. The van der Waals surface area contributed by atoms with Gasteiger partial charge in [0.15, 0.2) is 0 Å². The summed E-state index contributed by atoms with van der Waals surface area (Å²) in [4.78, 5) is 17.2. The van der Waals surface area contributed by atoms with E-state index in [2.05, 4.69) is 9.71 Å². The van der Waals surface area contributed by atoms with E-state index in [1.807, 2.05) is 0 Å². The third kappa shape index (κ3) is 4.21. The summed E-state index contributed by atoms with van der Waals surface area (Å²) in [5.41, 5.74) is 0.259. The van der Waals surface area contributed by atoms with Crippen molar-refractivity contribution in [3.8, 4) is 0 Å². The first kappa shape index (κ1) is 15.8. The van der Waals surface area contributed by atoms with Gasteiger partial charge in [-0.05, 0) is 25.8 Å². The van der Waals surface area contributed by atoms with Crippen molar-refractivity contribution in [3.05, 3.63) is 29.8 Å². The summed E-state index contributed by atoms with van der Waals surface area (Å²) >= 11 is 0. The van der Waals surface area contributed by atoms with E-state index in [1.165, 1.54) is 12.3 Å². The predicted octanol–water partition coefficient (Wildman–Crippen LogP) is 0.765. The van der Waals surface area contributed by atoms with E-state index < -0.39 is 16.0 Å². The molecule has 0 radical (unpaired) electrons. The first-order chi connectivity index (χ1) is 9.91. The van der Waals surface area contributed by atoms with Gasteiger partial charge in [-0.15, -0.1) is 0 Å². The molecule has 6 nitrogen and oxygen atoms in total. The minimum Gasteiger partial charge on any atom is -0.339 e. The van der Waals surface area contributed by atoms with Crippen LogP contribution in [0.25, 0.3) is 0 Å². The van der Waals surface area contributed by atoms with Crippen molar-refractivity contribution in [2.45, 2.75) is 25.8 Å². The van der Waals surface area contributed by atoms with Gasteiger partial charge < -0.3 is 4.90 Å². The van der Waals surface area contributed by atoms with Crippen molar-refractivity contribution in [1.29, 1.82) is 0 Å². The quantitative estimate of drug-likeness (QED) is 0.832. The fraction of sp³-hybridized carbons (Fsp3) is 0.538. The molecule has 1 aromatic rings. The van der Waals surface area contributed by atoms with Crippen LogP contribution in [0.4, 0.5) is 4.39 Å². The van der Waals surface area contributed by atoms with Crippen LogP contribution in [0, 0.1) is 5.95 Å². The van der Waals surface area contributed by atoms with Gasteiger partial charge in [-0.2, -0.15) is 4.39 Å². The first-order valence-corrected chi connectivity index (χ1v) is 8.47. The number of likely N-dealkylation sites (tertiary alicyclic amines) is 1.